The summed E-state index contributed by atoms with van der Waals surface area (Å²) in [6, 6.07) is 8.81. The Morgan fingerprint density at radius 2 is 1.97 bits per heavy atom. The van der Waals surface area contributed by atoms with Crippen LogP contribution in [0.15, 0.2) is 53.9 Å². The highest BCUT2D eigenvalue weighted by Crippen LogP contribution is 2.37. The third kappa shape index (κ3) is 5.17. The van der Waals surface area contributed by atoms with Gasteiger partial charge in [0.25, 0.3) is 5.91 Å². The van der Waals surface area contributed by atoms with Crippen LogP contribution in [0, 0.1) is 11.6 Å². The number of ether oxygens (including phenoxy) is 2. The van der Waals surface area contributed by atoms with E-state index >= 15 is 0 Å². The van der Waals surface area contributed by atoms with Gasteiger partial charge in [-0.2, -0.15) is 0 Å². The maximum absolute atomic E-state index is 14.5. The third-order valence-electron chi connectivity index (χ3n) is 5.67. The van der Waals surface area contributed by atoms with Gasteiger partial charge < -0.3 is 25.0 Å². The number of halogens is 2. The lowest BCUT2D eigenvalue weighted by Crippen LogP contribution is -2.25. The van der Waals surface area contributed by atoms with Crippen LogP contribution in [0.2, 0.25) is 0 Å². The van der Waals surface area contributed by atoms with Crippen LogP contribution in [-0.4, -0.2) is 43.7 Å². The summed E-state index contributed by atoms with van der Waals surface area (Å²) < 4.78 is 39.2. The van der Waals surface area contributed by atoms with E-state index in [0.717, 1.165) is 26.1 Å². The molecule has 2 heterocycles. The van der Waals surface area contributed by atoms with E-state index in [1.54, 1.807) is 24.3 Å². The van der Waals surface area contributed by atoms with Crippen molar-refractivity contribution in [1.29, 1.82) is 0 Å². The molecule has 2 aliphatic rings. The van der Waals surface area contributed by atoms with Gasteiger partial charge in [0.1, 0.15) is 18.2 Å². The Bertz CT molecular complexity index is 1110. The number of rotatable bonds is 9. The quantitative estimate of drug-likeness (QED) is 0.422. The number of amides is 1. The number of carbonyl (C=O) groups excluding carboxylic acids is 1. The monoisotopic (exact) mass is 455 g/mol. The van der Waals surface area contributed by atoms with E-state index in [-0.39, 0.29) is 18.3 Å². The van der Waals surface area contributed by atoms with Crippen LogP contribution in [0.4, 0.5) is 20.2 Å². The molecule has 0 atom stereocenters. The SMILES string of the molecule is CCN(CC)CCCOc1ccc(NC2=CC(=C3C(=O)Nc4cc(F)ccc43)OC2)cc1F. The molecule has 0 fully saturated rings. The summed E-state index contributed by atoms with van der Waals surface area (Å²) in [6.07, 6.45) is 2.52. The fraction of sp³-hybridized carbons (Fsp3) is 0.320. The molecule has 2 aromatic rings. The molecule has 0 radical (unpaired) electrons. The number of nitrogens with zero attached hydrogens (tertiary/aromatic N) is 1. The highest BCUT2D eigenvalue weighted by molar-refractivity contribution is 6.32. The van der Waals surface area contributed by atoms with Crippen molar-refractivity contribution in [2.75, 3.05) is 43.5 Å². The Hall–Kier alpha value is -3.39. The minimum absolute atomic E-state index is 0.202. The number of fused-ring (bicyclic) bond motifs is 1. The van der Waals surface area contributed by atoms with Crippen molar-refractivity contribution in [3.63, 3.8) is 0 Å². The van der Waals surface area contributed by atoms with Gasteiger partial charge in [0.2, 0.25) is 0 Å². The number of allylic oxidation sites excluding steroid dienone is 1. The number of anilines is 2. The number of hydrogen-bond acceptors (Lipinski definition) is 5. The van der Waals surface area contributed by atoms with E-state index in [2.05, 4.69) is 29.4 Å². The van der Waals surface area contributed by atoms with Crippen LogP contribution in [0.1, 0.15) is 25.8 Å². The van der Waals surface area contributed by atoms with E-state index in [0.29, 0.717) is 40.6 Å². The summed E-state index contributed by atoms with van der Waals surface area (Å²) in [5.74, 6) is -0.632. The first-order valence-corrected chi connectivity index (χ1v) is 11.1. The molecule has 33 heavy (non-hydrogen) atoms. The zero-order valence-corrected chi connectivity index (χ0v) is 18.7. The van der Waals surface area contributed by atoms with Gasteiger partial charge in [-0.3, -0.25) is 4.79 Å². The van der Waals surface area contributed by atoms with Gasteiger partial charge in [0.05, 0.1) is 23.6 Å². The summed E-state index contributed by atoms with van der Waals surface area (Å²) in [5.41, 5.74) is 2.56. The second-order valence-electron chi connectivity index (χ2n) is 7.84. The Morgan fingerprint density at radius 1 is 1.15 bits per heavy atom. The van der Waals surface area contributed by atoms with Crippen LogP contribution in [0.5, 0.6) is 5.75 Å². The molecule has 0 spiro atoms. The van der Waals surface area contributed by atoms with E-state index in [9.17, 15) is 13.6 Å². The smallest absolute Gasteiger partial charge is 0.260 e. The second kappa shape index (κ2) is 10.0. The first-order chi connectivity index (χ1) is 16.0. The molecule has 0 unspecified atom stereocenters. The molecule has 1 amide bonds. The molecule has 0 aliphatic carbocycles. The van der Waals surface area contributed by atoms with Gasteiger partial charge in [-0.05, 0) is 49.8 Å². The van der Waals surface area contributed by atoms with Gasteiger partial charge in [-0.1, -0.05) is 13.8 Å². The number of nitrogens with one attached hydrogen (secondary N) is 2. The van der Waals surface area contributed by atoms with Crippen molar-refractivity contribution in [2.24, 2.45) is 0 Å². The lowest BCUT2D eigenvalue weighted by atomic mass is 10.1. The predicted octanol–water partition coefficient (Wildman–Crippen LogP) is 4.76. The summed E-state index contributed by atoms with van der Waals surface area (Å²) >= 11 is 0. The topological polar surface area (TPSA) is 62.8 Å². The molecule has 4 rings (SSSR count). The second-order valence-corrected chi connectivity index (χ2v) is 7.84. The lowest BCUT2D eigenvalue weighted by molar-refractivity contribution is -0.110. The maximum Gasteiger partial charge on any atom is 0.260 e. The largest absolute Gasteiger partial charge is 0.490 e. The van der Waals surface area contributed by atoms with E-state index in [4.69, 9.17) is 9.47 Å². The van der Waals surface area contributed by atoms with Gasteiger partial charge >= 0.3 is 0 Å². The minimum Gasteiger partial charge on any atom is -0.490 e. The fourth-order valence-corrected chi connectivity index (χ4v) is 3.89. The summed E-state index contributed by atoms with van der Waals surface area (Å²) in [6.45, 7) is 7.76. The maximum atomic E-state index is 14.5. The van der Waals surface area contributed by atoms with E-state index in [1.165, 1.54) is 18.2 Å². The lowest BCUT2D eigenvalue weighted by Gasteiger charge is -2.17. The minimum atomic E-state index is -0.452. The average molecular weight is 456 g/mol. The molecule has 8 heteroatoms. The van der Waals surface area contributed by atoms with Crippen LogP contribution < -0.4 is 15.4 Å². The molecule has 0 saturated carbocycles. The Morgan fingerprint density at radius 3 is 2.73 bits per heavy atom. The third-order valence-corrected chi connectivity index (χ3v) is 5.67. The zero-order valence-electron chi connectivity index (χ0n) is 18.7. The average Bonchev–Trinajstić information content (AvgIpc) is 3.37. The van der Waals surface area contributed by atoms with Gasteiger partial charge in [0.15, 0.2) is 11.6 Å². The first kappa shape index (κ1) is 22.8. The Kier molecular flexibility index (Phi) is 6.93. The first-order valence-electron chi connectivity index (χ1n) is 11.1. The molecule has 2 N–H and O–H groups in total. The highest BCUT2D eigenvalue weighted by Gasteiger charge is 2.30. The molecular weight excluding hydrogens is 428 g/mol. The van der Waals surface area contributed by atoms with E-state index in [1.807, 2.05) is 0 Å². The van der Waals surface area contributed by atoms with Crippen molar-refractivity contribution in [1.82, 2.24) is 4.90 Å². The summed E-state index contributed by atoms with van der Waals surface area (Å²) in [4.78, 5) is 14.7. The Labute approximate surface area is 191 Å². The van der Waals surface area contributed by atoms with Crippen molar-refractivity contribution < 1.29 is 23.0 Å². The van der Waals surface area contributed by atoms with E-state index < -0.39 is 11.6 Å². The predicted molar refractivity (Wildman–Crippen MR) is 124 cm³/mol. The number of carbonyl (C=O) groups is 1. The molecule has 2 aromatic carbocycles. The van der Waals surface area contributed by atoms with Crippen molar-refractivity contribution in [2.45, 2.75) is 20.3 Å². The highest BCUT2D eigenvalue weighted by atomic mass is 19.1. The number of benzene rings is 2. The van der Waals surface area contributed by atoms with Crippen LogP contribution in [0.25, 0.3) is 5.57 Å². The molecule has 0 bridgehead atoms. The molecule has 2 aliphatic heterocycles. The molecular formula is C25H27F2N3O3. The standard InChI is InChI=1S/C25H27F2N3O3/c1-3-30(4-2)10-5-11-32-22-9-7-17(13-20(22)27)28-18-14-23(33-15-18)24-19-8-6-16(26)12-21(19)29-25(24)31/h6-9,12-14,28H,3-5,10-11,15H2,1-2H3,(H,29,31). The molecule has 0 aromatic heterocycles. The zero-order chi connectivity index (χ0) is 23.4. The molecule has 0 saturated heterocycles. The van der Waals surface area contributed by atoms with Crippen LogP contribution >= 0.6 is 0 Å². The summed E-state index contributed by atoms with van der Waals surface area (Å²) in [5, 5.41) is 5.76. The fourth-order valence-electron chi connectivity index (χ4n) is 3.89. The van der Waals surface area contributed by atoms with Gasteiger partial charge in [-0.15, -0.1) is 0 Å². The Balaban J connectivity index is 1.40. The van der Waals surface area contributed by atoms with Gasteiger partial charge in [0, 0.05) is 29.9 Å². The van der Waals surface area contributed by atoms with Gasteiger partial charge in [-0.25, -0.2) is 8.78 Å². The molecule has 174 valence electrons. The normalized spacial score (nSPS) is 17.0. The summed E-state index contributed by atoms with van der Waals surface area (Å²) in [7, 11) is 0. The van der Waals surface area contributed by atoms with Crippen LogP contribution in [-0.2, 0) is 9.53 Å². The van der Waals surface area contributed by atoms with Crippen LogP contribution in [0.3, 0.4) is 0 Å². The number of hydrogen-bond donors (Lipinski definition) is 2. The van der Waals surface area contributed by atoms with Crippen molar-refractivity contribution in [3.05, 3.63) is 71.1 Å². The van der Waals surface area contributed by atoms with Crippen molar-refractivity contribution in [3.8, 4) is 5.75 Å². The van der Waals surface area contributed by atoms with Crippen molar-refractivity contribution >= 4 is 22.9 Å². The molecule has 6 nitrogen and oxygen atoms in total.